The van der Waals surface area contributed by atoms with E-state index in [1.165, 1.54) is 6.26 Å². The number of nitrogens with one attached hydrogen (secondary N) is 1. The fourth-order valence-electron chi connectivity index (χ4n) is 1.63. The van der Waals surface area contributed by atoms with E-state index in [-0.39, 0.29) is 23.3 Å². The summed E-state index contributed by atoms with van der Waals surface area (Å²) in [6.07, 6.45) is 2.65. The van der Waals surface area contributed by atoms with Gasteiger partial charge in [-0.3, -0.25) is 0 Å². The normalized spacial score (nSPS) is 26.3. The van der Waals surface area contributed by atoms with Crippen molar-refractivity contribution in [1.82, 2.24) is 5.32 Å². The van der Waals surface area contributed by atoms with Gasteiger partial charge in [0.2, 0.25) is 0 Å². The minimum absolute atomic E-state index is 0.0591. The molecule has 1 N–H and O–H groups in total. The van der Waals surface area contributed by atoms with Gasteiger partial charge >= 0.3 is 0 Å². The summed E-state index contributed by atoms with van der Waals surface area (Å²) in [5.74, 6) is 0.456. The Morgan fingerprint density at radius 3 is 2.60 bits per heavy atom. The average molecular weight is 255 g/mol. The maximum atomic E-state index is 11.3. The Balaban J connectivity index is 2.34. The van der Waals surface area contributed by atoms with E-state index in [9.17, 15) is 16.8 Å². The van der Waals surface area contributed by atoms with Crippen LogP contribution in [-0.2, 0) is 19.7 Å². The molecule has 1 rings (SSSR count). The van der Waals surface area contributed by atoms with Crippen molar-refractivity contribution in [1.29, 1.82) is 0 Å². The van der Waals surface area contributed by atoms with Crippen molar-refractivity contribution >= 4 is 19.7 Å². The number of hydrogen-bond acceptors (Lipinski definition) is 5. The fraction of sp³-hybridized carbons (Fsp3) is 1.00. The molecule has 1 saturated heterocycles. The van der Waals surface area contributed by atoms with Crippen LogP contribution in [0.1, 0.15) is 12.8 Å². The predicted molar refractivity (Wildman–Crippen MR) is 59.4 cm³/mol. The van der Waals surface area contributed by atoms with Crippen molar-refractivity contribution in [3.63, 3.8) is 0 Å². The van der Waals surface area contributed by atoms with Crippen LogP contribution in [0.2, 0.25) is 0 Å². The molecular formula is C8H17NO4S2. The third-order valence-electron chi connectivity index (χ3n) is 2.37. The van der Waals surface area contributed by atoms with Gasteiger partial charge in [0.1, 0.15) is 9.84 Å². The second-order valence-electron chi connectivity index (χ2n) is 4.04. The first kappa shape index (κ1) is 12.9. The molecule has 0 aromatic rings. The lowest BCUT2D eigenvalue weighted by molar-refractivity contribution is 0.490. The van der Waals surface area contributed by atoms with Crippen LogP contribution < -0.4 is 5.32 Å². The predicted octanol–water partition coefficient (Wildman–Crippen LogP) is -0.802. The zero-order valence-electron chi connectivity index (χ0n) is 8.77. The van der Waals surface area contributed by atoms with Crippen LogP contribution in [-0.4, -0.2) is 52.9 Å². The minimum atomic E-state index is -2.97. The molecule has 1 atom stereocenters. The van der Waals surface area contributed by atoms with E-state index in [0.717, 1.165) is 6.42 Å². The largest absolute Gasteiger partial charge is 0.312 e. The summed E-state index contributed by atoms with van der Waals surface area (Å²) >= 11 is 0. The summed E-state index contributed by atoms with van der Waals surface area (Å²) in [5.41, 5.74) is 0. The van der Waals surface area contributed by atoms with Gasteiger partial charge in [0.25, 0.3) is 0 Å². The van der Waals surface area contributed by atoms with Crippen LogP contribution in [0.3, 0.4) is 0 Å². The second-order valence-corrected chi connectivity index (χ2v) is 8.53. The number of hydrogen-bond donors (Lipinski definition) is 1. The van der Waals surface area contributed by atoms with E-state index in [1.807, 2.05) is 0 Å². The molecule has 90 valence electrons. The smallest absolute Gasteiger partial charge is 0.151 e. The minimum Gasteiger partial charge on any atom is -0.312 e. The third-order valence-corrected chi connectivity index (χ3v) is 5.14. The summed E-state index contributed by atoms with van der Waals surface area (Å²) < 4.78 is 44.2. The van der Waals surface area contributed by atoms with Crippen LogP contribution in [0.4, 0.5) is 0 Å². The van der Waals surface area contributed by atoms with Gasteiger partial charge in [0, 0.05) is 18.8 Å². The Morgan fingerprint density at radius 2 is 2.07 bits per heavy atom. The molecule has 0 spiro atoms. The summed E-state index contributed by atoms with van der Waals surface area (Å²) in [6.45, 7) is 0.332. The third kappa shape index (κ3) is 5.48. The quantitative estimate of drug-likeness (QED) is 0.711. The van der Waals surface area contributed by atoms with Crippen LogP contribution >= 0.6 is 0 Å². The van der Waals surface area contributed by atoms with Gasteiger partial charge in [0.05, 0.1) is 17.3 Å². The Bertz CT molecular complexity index is 398. The lowest BCUT2D eigenvalue weighted by Gasteiger charge is -2.22. The molecule has 7 heteroatoms. The Morgan fingerprint density at radius 1 is 1.40 bits per heavy atom. The Labute approximate surface area is 91.1 Å². The molecule has 0 radical (unpaired) electrons. The van der Waals surface area contributed by atoms with Crippen LogP contribution in [0.5, 0.6) is 0 Å². The van der Waals surface area contributed by atoms with Crippen LogP contribution in [0.15, 0.2) is 0 Å². The molecule has 1 unspecified atom stereocenters. The van der Waals surface area contributed by atoms with Gasteiger partial charge in [-0.25, -0.2) is 16.8 Å². The topological polar surface area (TPSA) is 80.3 Å². The highest BCUT2D eigenvalue weighted by Crippen LogP contribution is 2.11. The lowest BCUT2D eigenvalue weighted by atomic mass is 10.2. The molecular weight excluding hydrogens is 238 g/mol. The SMILES string of the molecule is CS(=O)(=O)CCNC1CCCS(=O)(=O)C1. The summed E-state index contributed by atoms with van der Waals surface area (Å²) in [6, 6.07) is -0.0782. The van der Waals surface area contributed by atoms with Gasteiger partial charge in [-0.2, -0.15) is 0 Å². The van der Waals surface area contributed by atoms with E-state index in [2.05, 4.69) is 5.32 Å². The Kier molecular flexibility index (Phi) is 4.13. The first-order valence-corrected chi connectivity index (χ1v) is 8.78. The first-order valence-electron chi connectivity index (χ1n) is 4.90. The van der Waals surface area contributed by atoms with Crippen molar-refractivity contribution in [2.75, 3.05) is 30.1 Å². The van der Waals surface area contributed by atoms with E-state index < -0.39 is 19.7 Å². The average Bonchev–Trinajstić information content (AvgIpc) is 1.99. The standard InChI is InChI=1S/C8H17NO4S2/c1-14(10,11)6-4-9-8-3-2-5-15(12,13)7-8/h8-9H,2-7H2,1H3. The molecule has 0 aliphatic carbocycles. The second kappa shape index (κ2) is 4.80. The summed E-state index contributed by atoms with van der Waals surface area (Å²) in [7, 11) is -5.88. The molecule has 0 amide bonds. The molecule has 0 bridgehead atoms. The molecule has 1 aliphatic rings. The van der Waals surface area contributed by atoms with Gasteiger partial charge in [-0.05, 0) is 12.8 Å². The molecule has 1 aliphatic heterocycles. The van der Waals surface area contributed by atoms with Crippen LogP contribution in [0, 0.1) is 0 Å². The van der Waals surface area contributed by atoms with Crippen molar-refractivity contribution in [3.8, 4) is 0 Å². The highest BCUT2D eigenvalue weighted by Gasteiger charge is 2.24. The van der Waals surface area contributed by atoms with Crippen molar-refractivity contribution < 1.29 is 16.8 Å². The molecule has 0 saturated carbocycles. The first-order chi connectivity index (χ1) is 6.79. The molecule has 1 fully saturated rings. The van der Waals surface area contributed by atoms with E-state index in [1.54, 1.807) is 0 Å². The maximum absolute atomic E-state index is 11.3. The van der Waals surface area contributed by atoms with Gasteiger partial charge < -0.3 is 5.32 Å². The van der Waals surface area contributed by atoms with Crippen molar-refractivity contribution in [3.05, 3.63) is 0 Å². The maximum Gasteiger partial charge on any atom is 0.151 e. The van der Waals surface area contributed by atoms with E-state index >= 15 is 0 Å². The van der Waals surface area contributed by atoms with Gasteiger partial charge in [-0.1, -0.05) is 0 Å². The van der Waals surface area contributed by atoms with Crippen molar-refractivity contribution in [2.45, 2.75) is 18.9 Å². The number of rotatable bonds is 4. The van der Waals surface area contributed by atoms with Gasteiger partial charge in [0.15, 0.2) is 9.84 Å². The van der Waals surface area contributed by atoms with Crippen molar-refractivity contribution in [2.24, 2.45) is 0 Å². The molecule has 5 nitrogen and oxygen atoms in total. The zero-order chi connectivity index (χ0) is 11.5. The lowest BCUT2D eigenvalue weighted by Crippen LogP contribution is -2.41. The summed E-state index contributed by atoms with van der Waals surface area (Å²) in [5, 5.41) is 2.98. The number of sulfone groups is 2. The van der Waals surface area contributed by atoms with E-state index in [4.69, 9.17) is 0 Å². The summed E-state index contributed by atoms with van der Waals surface area (Å²) in [4.78, 5) is 0. The Hall–Kier alpha value is -0.140. The highest BCUT2D eigenvalue weighted by molar-refractivity contribution is 7.91. The van der Waals surface area contributed by atoms with Crippen LogP contribution in [0.25, 0.3) is 0 Å². The van der Waals surface area contributed by atoms with E-state index in [0.29, 0.717) is 13.0 Å². The fourth-order valence-corrected chi connectivity index (χ4v) is 3.79. The highest BCUT2D eigenvalue weighted by atomic mass is 32.2. The molecule has 1 heterocycles. The monoisotopic (exact) mass is 255 g/mol. The van der Waals surface area contributed by atoms with Gasteiger partial charge in [-0.15, -0.1) is 0 Å². The zero-order valence-corrected chi connectivity index (χ0v) is 10.4. The molecule has 0 aromatic heterocycles. The molecule has 15 heavy (non-hydrogen) atoms. The molecule has 0 aromatic carbocycles.